The second kappa shape index (κ2) is 9.15. The molecule has 4 rings (SSSR count). The highest BCUT2D eigenvalue weighted by atomic mass is 16.5. The lowest BCUT2D eigenvalue weighted by Gasteiger charge is -2.43. The normalized spacial score (nSPS) is 30.1. The standard InChI is InChI=1S/C22H29NO6/c1-2-27-18-5-3-4-6-19(18)29-20-14-28-22-15(21(20)25)7-8-17(24)16(22)13-23-9-11-26-12-10-23/h3-6,14-17,22,24H,2,7-13H2,1H3. The molecule has 1 aromatic rings. The van der Waals surface area contributed by atoms with Crippen molar-refractivity contribution in [2.45, 2.75) is 32.0 Å². The minimum atomic E-state index is -0.471. The van der Waals surface area contributed by atoms with E-state index in [1.54, 1.807) is 6.07 Å². The third kappa shape index (κ3) is 4.42. The summed E-state index contributed by atoms with van der Waals surface area (Å²) in [5, 5.41) is 10.6. The Morgan fingerprint density at radius 2 is 1.93 bits per heavy atom. The van der Waals surface area contributed by atoms with E-state index in [0.717, 1.165) is 13.1 Å². The van der Waals surface area contributed by atoms with E-state index in [9.17, 15) is 9.90 Å². The zero-order chi connectivity index (χ0) is 20.2. The fraction of sp³-hybridized carbons (Fsp3) is 0.591. The van der Waals surface area contributed by atoms with E-state index in [0.29, 0.717) is 50.7 Å². The lowest BCUT2D eigenvalue weighted by molar-refractivity contribution is -0.140. The second-order valence-electron chi connectivity index (χ2n) is 7.76. The van der Waals surface area contributed by atoms with E-state index in [2.05, 4.69) is 4.90 Å². The molecule has 7 nitrogen and oxygen atoms in total. The SMILES string of the molecule is CCOc1ccccc1OC1=COC2C(CCC(O)C2CN2CCOCC2)C1=O. The van der Waals surface area contributed by atoms with Crippen molar-refractivity contribution >= 4 is 5.78 Å². The van der Waals surface area contributed by atoms with Crippen LogP contribution in [0.25, 0.3) is 0 Å². The topological polar surface area (TPSA) is 77.5 Å². The van der Waals surface area contributed by atoms with Gasteiger partial charge in [-0.25, -0.2) is 0 Å². The van der Waals surface area contributed by atoms with E-state index in [-0.39, 0.29) is 29.5 Å². The van der Waals surface area contributed by atoms with Crippen molar-refractivity contribution in [3.63, 3.8) is 0 Å². The summed E-state index contributed by atoms with van der Waals surface area (Å²) >= 11 is 0. The number of benzene rings is 1. The van der Waals surface area contributed by atoms with Gasteiger partial charge in [-0.3, -0.25) is 9.69 Å². The van der Waals surface area contributed by atoms with Gasteiger partial charge in [0.15, 0.2) is 11.5 Å². The highest BCUT2D eigenvalue weighted by molar-refractivity contribution is 5.96. The molecule has 2 fully saturated rings. The van der Waals surface area contributed by atoms with E-state index in [1.807, 2.05) is 25.1 Å². The van der Waals surface area contributed by atoms with Gasteiger partial charge in [-0.15, -0.1) is 0 Å². The predicted octanol–water partition coefficient (Wildman–Crippen LogP) is 1.99. The molecular formula is C22H29NO6. The number of ketones is 1. The van der Waals surface area contributed by atoms with Crippen LogP contribution in [0.2, 0.25) is 0 Å². The number of carbonyl (C=O) groups is 1. The van der Waals surface area contributed by atoms with Crippen LogP contribution < -0.4 is 9.47 Å². The van der Waals surface area contributed by atoms with Crippen molar-refractivity contribution in [1.82, 2.24) is 4.90 Å². The van der Waals surface area contributed by atoms with Crippen molar-refractivity contribution in [3.05, 3.63) is 36.3 Å². The first-order valence-corrected chi connectivity index (χ1v) is 10.4. The first kappa shape index (κ1) is 20.2. The second-order valence-corrected chi connectivity index (χ2v) is 7.76. The molecule has 2 heterocycles. The number of hydrogen-bond donors (Lipinski definition) is 1. The summed E-state index contributed by atoms with van der Waals surface area (Å²) in [6, 6.07) is 7.29. The predicted molar refractivity (Wildman–Crippen MR) is 106 cm³/mol. The summed E-state index contributed by atoms with van der Waals surface area (Å²) < 4.78 is 22.9. The summed E-state index contributed by atoms with van der Waals surface area (Å²) in [5.74, 6) is 0.811. The van der Waals surface area contributed by atoms with Gasteiger partial charge in [-0.2, -0.15) is 0 Å². The summed E-state index contributed by atoms with van der Waals surface area (Å²) in [5.41, 5.74) is 0. The van der Waals surface area contributed by atoms with Crippen LogP contribution in [0.5, 0.6) is 11.5 Å². The molecule has 1 saturated heterocycles. The van der Waals surface area contributed by atoms with E-state index < -0.39 is 6.10 Å². The Morgan fingerprint density at radius 1 is 1.17 bits per heavy atom. The minimum Gasteiger partial charge on any atom is -0.493 e. The molecule has 1 aromatic carbocycles. The zero-order valence-corrected chi connectivity index (χ0v) is 16.8. The number of para-hydroxylation sites is 2. The number of rotatable bonds is 6. The van der Waals surface area contributed by atoms with E-state index in [4.69, 9.17) is 18.9 Å². The molecule has 3 aliphatic rings. The van der Waals surface area contributed by atoms with Gasteiger partial charge >= 0.3 is 0 Å². The van der Waals surface area contributed by atoms with Gasteiger partial charge in [-0.05, 0) is 31.9 Å². The molecular weight excluding hydrogens is 374 g/mol. The Morgan fingerprint density at radius 3 is 2.69 bits per heavy atom. The quantitative estimate of drug-likeness (QED) is 0.778. The van der Waals surface area contributed by atoms with Crippen LogP contribution >= 0.6 is 0 Å². The summed E-state index contributed by atoms with van der Waals surface area (Å²) in [7, 11) is 0. The summed E-state index contributed by atoms with van der Waals surface area (Å²) in [6.07, 6.45) is 1.80. The van der Waals surface area contributed by atoms with Gasteiger partial charge in [-0.1, -0.05) is 12.1 Å². The smallest absolute Gasteiger partial charge is 0.208 e. The maximum absolute atomic E-state index is 13.1. The molecule has 29 heavy (non-hydrogen) atoms. The van der Waals surface area contributed by atoms with Gasteiger partial charge in [0.2, 0.25) is 11.5 Å². The molecule has 0 amide bonds. The number of fused-ring (bicyclic) bond motifs is 1. The number of allylic oxidation sites excluding steroid dienone is 1. The zero-order valence-electron chi connectivity index (χ0n) is 16.8. The Balaban J connectivity index is 1.49. The van der Waals surface area contributed by atoms with Crippen LogP contribution in [0.1, 0.15) is 19.8 Å². The van der Waals surface area contributed by atoms with Crippen LogP contribution in [-0.4, -0.2) is 67.5 Å². The van der Waals surface area contributed by atoms with Gasteiger partial charge in [0.1, 0.15) is 12.4 Å². The highest BCUT2D eigenvalue weighted by Crippen LogP contribution is 2.39. The monoisotopic (exact) mass is 403 g/mol. The van der Waals surface area contributed by atoms with Crippen LogP contribution in [0.15, 0.2) is 36.3 Å². The third-order valence-electron chi connectivity index (χ3n) is 5.94. The molecule has 0 spiro atoms. The maximum atomic E-state index is 13.1. The van der Waals surface area contributed by atoms with Gasteiger partial charge in [0, 0.05) is 25.6 Å². The highest BCUT2D eigenvalue weighted by Gasteiger charge is 2.47. The Labute approximate surface area is 171 Å². The van der Waals surface area contributed by atoms with Crippen LogP contribution in [0.4, 0.5) is 0 Å². The number of carbonyl (C=O) groups excluding carboxylic acids is 1. The first-order chi connectivity index (χ1) is 14.2. The average Bonchev–Trinajstić information content (AvgIpc) is 2.74. The number of hydrogen-bond acceptors (Lipinski definition) is 7. The van der Waals surface area contributed by atoms with Crippen molar-refractivity contribution < 1.29 is 28.8 Å². The molecule has 1 aliphatic carbocycles. The number of Topliss-reactive ketones (excluding diaryl/α,β-unsaturated/α-hetero) is 1. The van der Waals surface area contributed by atoms with Gasteiger partial charge in [0.25, 0.3) is 0 Å². The van der Waals surface area contributed by atoms with Crippen LogP contribution in [0.3, 0.4) is 0 Å². The largest absolute Gasteiger partial charge is 0.493 e. The molecule has 2 aliphatic heterocycles. The van der Waals surface area contributed by atoms with Crippen LogP contribution in [-0.2, 0) is 14.3 Å². The first-order valence-electron chi connectivity index (χ1n) is 10.4. The number of aliphatic hydroxyl groups is 1. The lowest BCUT2D eigenvalue weighted by Crippen LogP contribution is -2.53. The number of aliphatic hydroxyl groups excluding tert-OH is 1. The molecule has 4 unspecified atom stereocenters. The van der Waals surface area contributed by atoms with E-state index >= 15 is 0 Å². The molecule has 0 aromatic heterocycles. The van der Waals surface area contributed by atoms with Crippen molar-refractivity contribution in [2.75, 3.05) is 39.5 Å². The minimum absolute atomic E-state index is 0.0635. The Hall–Kier alpha value is -2.09. The van der Waals surface area contributed by atoms with Crippen molar-refractivity contribution in [1.29, 1.82) is 0 Å². The molecule has 158 valence electrons. The number of morpholine rings is 1. The Kier molecular flexibility index (Phi) is 6.37. The summed E-state index contributed by atoms with van der Waals surface area (Å²) in [4.78, 5) is 15.4. The average molecular weight is 403 g/mol. The van der Waals surface area contributed by atoms with E-state index in [1.165, 1.54) is 6.26 Å². The molecule has 7 heteroatoms. The molecule has 0 bridgehead atoms. The maximum Gasteiger partial charge on any atom is 0.208 e. The number of ether oxygens (including phenoxy) is 4. The lowest BCUT2D eigenvalue weighted by atomic mass is 9.73. The van der Waals surface area contributed by atoms with Crippen LogP contribution in [0, 0.1) is 11.8 Å². The van der Waals surface area contributed by atoms with Gasteiger partial charge < -0.3 is 24.1 Å². The van der Waals surface area contributed by atoms with Crippen molar-refractivity contribution in [2.24, 2.45) is 11.8 Å². The fourth-order valence-electron chi connectivity index (χ4n) is 4.41. The molecule has 0 radical (unpaired) electrons. The van der Waals surface area contributed by atoms with Gasteiger partial charge in [0.05, 0.1) is 31.8 Å². The van der Waals surface area contributed by atoms with Crippen molar-refractivity contribution in [3.8, 4) is 11.5 Å². The molecule has 1 saturated carbocycles. The Bertz CT molecular complexity index is 745. The molecule has 1 N–H and O–H groups in total. The third-order valence-corrected chi connectivity index (χ3v) is 5.94. The molecule has 4 atom stereocenters. The fourth-order valence-corrected chi connectivity index (χ4v) is 4.41. The summed E-state index contributed by atoms with van der Waals surface area (Å²) in [6.45, 7) is 6.20. The number of nitrogens with zero attached hydrogens (tertiary/aromatic N) is 1.